The molecule has 0 aliphatic rings. The SMILES string of the molecule is COc1cc2ncnc(-c3cn(C)nc3-c3ccccc3)c2cc1C(C)(C)O. The van der Waals surface area contributed by atoms with Crippen molar-refractivity contribution in [2.24, 2.45) is 7.05 Å². The predicted molar refractivity (Wildman–Crippen MR) is 109 cm³/mol. The number of aromatic nitrogens is 4. The number of hydrogen-bond donors (Lipinski definition) is 1. The highest BCUT2D eigenvalue weighted by atomic mass is 16.5. The number of ether oxygens (including phenoxy) is 1. The molecule has 0 aliphatic heterocycles. The molecule has 28 heavy (non-hydrogen) atoms. The lowest BCUT2D eigenvalue weighted by molar-refractivity contribution is 0.0758. The van der Waals surface area contributed by atoms with Crippen molar-refractivity contribution in [3.05, 3.63) is 60.6 Å². The number of rotatable bonds is 4. The van der Waals surface area contributed by atoms with E-state index in [4.69, 9.17) is 4.74 Å². The number of methoxy groups -OCH3 is 1. The van der Waals surface area contributed by atoms with Crippen LogP contribution in [0.5, 0.6) is 5.75 Å². The zero-order chi connectivity index (χ0) is 19.9. The Labute approximate surface area is 163 Å². The summed E-state index contributed by atoms with van der Waals surface area (Å²) in [6.45, 7) is 3.47. The maximum Gasteiger partial charge on any atom is 0.127 e. The summed E-state index contributed by atoms with van der Waals surface area (Å²) in [5.41, 5.74) is 3.91. The van der Waals surface area contributed by atoms with Gasteiger partial charge in [-0.15, -0.1) is 0 Å². The van der Waals surface area contributed by atoms with Crippen LogP contribution in [0.2, 0.25) is 0 Å². The van der Waals surface area contributed by atoms with Gasteiger partial charge < -0.3 is 9.84 Å². The topological polar surface area (TPSA) is 73.1 Å². The van der Waals surface area contributed by atoms with Crippen molar-refractivity contribution in [2.45, 2.75) is 19.4 Å². The first-order valence-corrected chi connectivity index (χ1v) is 9.03. The monoisotopic (exact) mass is 374 g/mol. The molecular formula is C22H22N4O2. The summed E-state index contributed by atoms with van der Waals surface area (Å²) in [6.07, 6.45) is 3.50. The van der Waals surface area contributed by atoms with Crippen LogP contribution in [-0.4, -0.2) is 32.0 Å². The second-order valence-corrected chi connectivity index (χ2v) is 7.28. The Hall–Kier alpha value is -3.25. The third-order valence-corrected chi connectivity index (χ3v) is 4.75. The van der Waals surface area contributed by atoms with Gasteiger partial charge in [0.2, 0.25) is 0 Å². The number of aliphatic hydroxyl groups is 1. The Balaban J connectivity index is 2.01. The van der Waals surface area contributed by atoms with E-state index in [9.17, 15) is 5.11 Å². The molecule has 4 rings (SSSR count). The molecule has 142 valence electrons. The van der Waals surface area contributed by atoms with Crippen LogP contribution in [0.3, 0.4) is 0 Å². The summed E-state index contributed by atoms with van der Waals surface area (Å²) in [6, 6.07) is 13.8. The van der Waals surface area contributed by atoms with E-state index >= 15 is 0 Å². The number of fused-ring (bicyclic) bond motifs is 1. The average molecular weight is 374 g/mol. The van der Waals surface area contributed by atoms with E-state index < -0.39 is 5.60 Å². The van der Waals surface area contributed by atoms with Gasteiger partial charge in [-0.05, 0) is 19.9 Å². The number of hydrogen-bond acceptors (Lipinski definition) is 5. The highest BCUT2D eigenvalue weighted by Crippen LogP contribution is 2.38. The second kappa shape index (κ2) is 6.73. The molecule has 6 nitrogen and oxygen atoms in total. The maximum absolute atomic E-state index is 10.6. The molecule has 0 saturated heterocycles. The van der Waals surface area contributed by atoms with Gasteiger partial charge in [0, 0.05) is 41.4 Å². The minimum absolute atomic E-state index is 0.596. The zero-order valence-electron chi connectivity index (χ0n) is 16.3. The van der Waals surface area contributed by atoms with Gasteiger partial charge in [-0.25, -0.2) is 9.97 Å². The normalized spacial score (nSPS) is 11.8. The Morgan fingerprint density at radius 2 is 1.79 bits per heavy atom. The van der Waals surface area contributed by atoms with Crippen molar-refractivity contribution in [2.75, 3.05) is 7.11 Å². The summed E-state index contributed by atoms with van der Waals surface area (Å²) in [5.74, 6) is 0.596. The first kappa shape index (κ1) is 18.1. The summed E-state index contributed by atoms with van der Waals surface area (Å²) >= 11 is 0. The number of benzene rings is 2. The van der Waals surface area contributed by atoms with Crippen LogP contribution in [0.15, 0.2) is 55.0 Å². The summed E-state index contributed by atoms with van der Waals surface area (Å²) < 4.78 is 7.27. The van der Waals surface area contributed by atoms with Crippen molar-refractivity contribution in [3.8, 4) is 28.3 Å². The van der Waals surface area contributed by atoms with Crippen molar-refractivity contribution in [3.63, 3.8) is 0 Å². The zero-order valence-corrected chi connectivity index (χ0v) is 16.3. The summed E-state index contributed by atoms with van der Waals surface area (Å²) in [4.78, 5) is 8.98. The fraction of sp³-hybridized carbons (Fsp3) is 0.227. The minimum atomic E-state index is -1.07. The van der Waals surface area contributed by atoms with Crippen molar-refractivity contribution >= 4 is 10.9 Å². The molecule has 0 aliphatic carbocycles. The largest absolute Gasteiger partial charge is 0.496 e. The molecule has 0 radical (unpaired) electrons. The van der Waals surface area contributed by atoms with Gasteiger partial charge in [-0.2, -0.15) is 5.10 Å². The first-order valence-electron chi connectivity index (χ1n) is 9.03. The molecule has 0 spiro atoms. The molecule has 0 bridgehead atoms. The van der Waals surface area contributed by atoms with Crippen molar-refractivity contribution in [1.29, 1.82) is 0 Å². The van der Waals surface area contributed by atoms with E-state index in [0.717, 1.165) is 33.4 Å². The highest BCUT2D eigenvalue weighted by Gasteiger charge is 2.24. The molecular weight excluding hydrogens is 352 g/mol. The third-order valence-electron chi connectivity index (χ3n) is 4.75. The van der Waals surface area contributed by atoms with Crippen LogP contribution in [0.4, 0.5) is 0 Å². The lowest BCUT2D eigenvalue weighted by Crippen LogP contribution is -2.17. The van der Waals surface area contributed by atoms with E-state index in [2.05, 4.69) is 15.1 Å². The molecule has 0 unspecified atom stereocenters. The molecule has 0 amide bonds. The van der Waals surface area contributed by atoms with Crippen LogP contribution >= 0.6 is 0 Å². The maximum atomic E-state index is 10.6. The Kier molecular flexibility index (Phi) is 4.35. The molecule has 0 fully saturated rings. The van der Waals surface area contributed by atoms with Gasteiger partial charge in [-0.1, -0.05) is 30.3 Å². The van der Waals surface area contributed by atoms with E-state index in [1.54, 1.807) is 32.0 Å². The van der Waals surface area contributed by atoms with Crippen LogP contribution < -0.4 is 4.74 Å². The Bertz CT molecular complexity index is 1140. The van der Waals surface area contributed by atoms with E-state index in [-0.39, 0.29) is 0 Å². The summed E-state index contributed by atoms with van der Waals surface area (Å²) in [7, 11) is 3.48. The second-order valence-electron chi connectivity index (χ2n) is 7.28. The fourth-order valence-corrected chi connectivity index (χ4v) is 3.42. The molecule has 4 aromatic rings. The van der Waals surface area contributed by atoms with Crippen LogP contribution in [0.1, 0.15) is 19.4 Å². The van der Waals surface area contributed by atoms with Crippen LogP contribution in [-0.2, 0) is 12.6 Å². The standard InChI is InChI=1S/C22H22N4O2/c1-22(2,27)17-10-15-18(11-19(17)28-4)23-13-24-21(15)16-12-26(3)25-20(16)14-8-6-5-7-9-14/h5-13,27H,1-4H3. The average Bonchev–Trinajstić information content (AvgIpc) is 3.08. The lowest BCUT2D eigenvalue weighted by atomic mass is 9.94. The number of aryl methyl sites for hydroxylation is 1. The molecule has 1 N–H and O–H groups in total. The molecule has 6 heteroatoms. The smallest absolute Gasteiger partial charge is 0.127 e. The van der Waals surface area contributed by atoms with E-state index in [1.807, 2.05) is 55.7 Å². The van der Waals surface area contributed by atoms with Gasteiger partial charge in [0.15, 0.2) is 0 Å². The molecule has 0 atom stereocenters. The lowest BCUT2D eigenvalue weighted by Gasteiger charge is -2.21. The van der Waals surface area contributed by atoms with Gasteiger partial charge in [0.05, 0.1) is 23.9 Å². The third kappa shape index (κ3) is 3.12. The van der Waals surface area contributed by atoms with Crippen LogP contribution in [0.25, 0.3) is 33.4 Å². The highest BCUT2D eigenvalue weighted by molar-refractivity contribution is 5.97. The predicted octanol–water partition coefficient (Wildman–Crippen LogP) is 3.93. The van der Waals surface area contributed by atoms with E-state index in [0.29, 0.717) is 11.3 Å². The van der Waals surface area contributed by atoms with Crippen molar-refractivity contribution < 1.29 is 9.84 Å². The van der Waals surface area contributed by atoms with Gasteiger partial charge in [0.25, 0.3) is 0 Å². The van der Waals surface area contributed by atoms with Crippen molar-refractivity contribution in [1.82, 2.24) is 19.7 Å². The summed E-state index contributed by atoms with van der Waals surface area (Å²) in [5, 5.41) is 16.1. The Morgan fingerprint density at radius 3 is 2.46 bits per heavy atom. The van der Waals surface area contributed by atoms with Gasteiger partial charge in [-0.3, -0.25) is 4.68 Å². The van der Waals surface area contributed by atoms with Gasteiger partial charge >= 0.3 is 0 Å². The Morgan fingerprint density at radius 1 is 1.04 bits per heavy atom. The molecule has 2 heterocycles. The first-order chi connectivity index (χ1) is 13.4. The fourth-order valence-electron chi connectivity index (χ4n) is 3.42. The van der Waals surface area contributed by atoms with E-state index in [1.165, 1.54) is 0 Å². The number of nitrogens with zero attached hydrogens (tertiary/aromatic N) is 4. The molecule has 2 aromatic heterocycles. The quantitative estimate of drug-likeness (QED) is 0.586. The minimum Gasteiger partial charge on any atom is -0.496 e. The molecule has 0 saturated carbocycles. The van der Waals surface area contributed by atoms with Gasteiger partial charge in [0.1, 0.15) is 17.8 Å². The van der Waals surface area contributed by atoms with Crippen LogP contribution in [0, 0.1) is 0 Å². The molecule has 2 aromatic carbocycles.